The van der Waals surface area contributed by atoms with E-state index >= 15 is 0 Å². The van der Waals surface area contributed by atoms with Crippen LogP contribution in [0.5, 0.6) is 0 Å². The number of aromatic nitrogens is 4. The summed E-state index contributed by atoms with van der Waals surface area (Å²) in [6.07, 6.45) is 3.24. The van der Waals surface area contributed by atoms with Gasteiger partial charge in [0, 0.05) is 29.3 Å². The Kier molecular flexibility index (Phi) is 6.90. The molecule has 0 bridgehead atoms. The number of hydrogen-bond donors (Lipinski definition) is 3. The van der Waals surface area contributed by atoms with Crippen molar-refractivity contribution in [3.63, 3.8) is 0 Å². The number of nitrogens with one attached hydrogen (secondary N) is 3. The molecule has 0 radical (unpaired) electrons. The number of hydrogen-bond acceptors (Lipinski definition) is 6. The molecule has 0 fully saturated rings. The van der Waals surface area contributed by atoms with Crippen LogP contribution in [0.4, 0.5) is 15.8 Å². The van der Waals surface area contributed by atoms with E-state index in [9.17, 15) is 9.65 Å². The number of anilines is 2. The quantitative estimate of drug-likeness (QED) is 0.267. The Hall–Kier alpha value is -3.70. The van der Waals surface area contributed by atoms with Crippen molar-refractivity contribution >= 4 is 33.9 Å². The lowest BCUT2D eigenvalue weighted by molar-refractivity contribution is 0.270. The lowest BCUT2D eigenvalue weighted by atomic mass is 9.81. The molecule has 0 spiro atoms. The van der Waals surface area contributed by atoms with Crippen LogP contribution in [0.25, 0.3) is 10.9 Å². The van der Waals surface area contributed by atoms with Gasteiger partial charge in [-0.15, -0.1) is 5.10 Å². The highest BCUT2D eigenvalue weighted by Crippen LogP contribution is 2.37. The van der Waals surface area contributed by atoms with Crippen LogP contribution in [-0.2, 0) is 0 Å². The summed E-state index contributed by atoms with van der Waals surface area (Å²) < 4.78 is 13.6. The third-order valence-electron chi connectivity index (χ3n) is 6.57. The normalized spacial score (nSPS) is 12.5. The number of nitriles is 1. The Labute approximate surface area is 208 Å². The van der Waals surface area contributed by atoms with Gasteiger partial charge < -0.3 is 10.6 Å². The fourth-order valence-corrected chi connectivity index (χ4v) is 3.88. The van der Waals surface area contributed by atoms with Crippen LogP contribution in [0.2, 0.25) is 5.02 Å². The summed E-state index contributed by atoms with van der Waals surface area (Å²) in [5.41, 5.74) is 3.85. The summed E-state index contributed by atoms with van der Waals surface area (Å²) in [5, 5.41) is 28.6. The van der Waals surface area contributed by atoms with Crippen LogP contribution >= 0.6 is 11.6 Å². The topological polar surface area (TPSA) is 102 Å². The number of aromatic amines is 1. The SMILES string of the molecule is CC(C)C(C)(C)CNc1c(C#N)cnc2c(N[C@@H](c3ccc(F)cc3)c3c[nH]nn3)cc(Cl)cc12. The molecular formula is C26H27ClFN7. The van der Waals surface area contributed by atoms with Gasteiger partial charge in [-0.05, 0) is 41.2 Å². The standard InChI is InChI=1S/C26H27ClFN7/c1-15(2)26(3,4)14-31-23-17(11-29)12-30-25-20(23)9-18(27)10-21(25)33-24(22-13-32-35-34-22)16-5-7-19(28)8-6-16/h5-10,12-13,15,24,33H,14H2,1-4H3,(H,30,31)(H,32,34,35)/t24-/m0/s1. The average Bonchev–Trinajstić information content (AvgIpc) is 3.36. The van der Waals surface area contributed by atoms with Gasteiger partial charge in [0.2, 0.25) is 0 Å². The number of nitrogens with zero attached hydrogens (tertiary/aromatic N) is 4. The lowest BCUT2D eigenvalue weighted by Crippen LogP contribution is -2.28. The van der Waals surface area contributed by atoms with Gasteiger partial charge in [0.15, 0.2) is 0 Å². The third kappa shape index (κ3) is 5.20. The first-order chi connectivity index (χ1) is 16.7. The van der Waals surface area contributed by atoms with E-state index in [1.54, 1.807) is 30.6 Å². The number of fused-ring (bicyclic) bond motifs is 1. The van der Waals surface area contributed by atoms with Crippen LogP contribution < -0.4 is 10.6 Å². The monoisotopic (exact) mass is 491 g/mol. The first-order valence-electron chi connectivity index (χ1n) is 11.3. The zero-order chi connectivity index (χ0) is 25.2. The molecule has 0 aliphatic rings. The molecule has 4 aromatic rings. The molecule has 0 saturated carbocycles. The van der Waals surface area contributed by atoms with Crippen LogP contribution in [0.1, 0.15) is 50.6 Å². The zero-order valence-corrected chi connectivity index (χ0v) is 20.8. The minimum absolute atomic E-state index is 0.00258. The number of pyridine rings is 1. The molecule has 0 aliphatic heterocycles. The van der Waals surface area contributed by atoms with Gasteiger partial charge in [0.1, 0.15) is 17.6 Å². The second kappa shape index (κ2) is 9.88. The van der Waals surface area contributed by atoms with Gasteiger partial charge in [0.05, 0.1) is 28.5 Å². The van der Waals surface area contributed by atoms with Crippen molar-refractivity contribution in [2.45, 2.75) is 33.7 Å². The Morgan fingerprint density at radius 2 is 1.94 bits per heavy atom. The van der Waals surface area contributed by atoms with Crippen molar-refractivity contribution in [1.29, 1.82) is 5.26 Å². The number of halogens is 2. The highest BCUT2D eigenvalue weighted by molar-refractivity contribution is 6.32. The highest BCUT2D eigenvalue weighted by Gasteiger charge is 2.24. The second-order valence-electron chi connectivity index (χ2n) is 9.53. The van der Waals surface area contributed by atoms with Gasteiger partial charge in [0.25, 0.3) is 0 Å². The largest absolute Gasteiger partial charge is 0.383 e. The highest BCUT2D eigenvalue weighted by atomic mass is 35.5. The van der Waals surface area contributed by atoms with Crippen molar-refractivity contribution in [1.82, 2.24) is 20.4 Å². The van der Waals surface area contributed by atoms with Gasteiger partial charge >= 0.3 is 0 Å². The van der Waals surface area contributed by atoms with Crippen LogP contribution in [-0.4, -0.2) is 26.9 Å². The molecule has 0 amide bonds. The summed E-state index contributed by atoms with van der Waals surface area (Å²) in [7, 11) is 0. The van der Waals surface area contributed by atoms with E-state index in [-0.39, 0.29) is 11.2 Å². The maximum absolute atomic E-state index is 13.6. The summed E-state index contributed by atoms with van der Waals surface area (Å²) in [5.74, 6) is 0.111. The number of H-pyrrole nitrogens is 1. The summed E-state index contributed by atoms with van der Waals surface area (Å²) in [6.45, 7) is 9.40. The van der Waals surface area contributed by atoms with Crippen molar-refractivity contribution in [2.75, 3.05) is 17.2 Å². The number of rotatable bonds is 8. The van der Waals surface area contributed by atoms with Crippen molar-refractivity contribution in [3.8, 4) is 6.07 Å². The predicted molar refractivity (Wildman–Crippen MR) is 137 cm³/mol. The Morgan fingerprint density at radius 3 is 2.57 bits per heavy atom. The molecule has 7 nitrogen and oxygen atoms in total. The number of benzene rings is 2. The van der Waals surface area contributed by atoms with Crippen molar-refractivity contribution < 1.29 is 4.39 Å². The zero-order valence-electron chi connectivity index (χ0n) is 20.0. The van der Waals surface area contributed by atoms with Crippen LogP contribution in [0.3, 0.4) is 0 Å². The molecule has 2 aromatic heterocycles. The van der Waals surface area contributed by atoms with E-state index in [4.69, 9.17) is 11.6 Å². The Bertz CT molecular complexity index is 1360. The first kappa shape index (κ1) is 24.4. The molecule has 1 atom stereocenters. The first-order valence-corrected chi connectivity index (χ1v) is 11.7. The van der Waals surface area contributed by atoms with Gasteiger partial charge in [-0.3, -0.25) is 10.1 Å². The summed E-state index contributed by atoms with van der Waals surface area (Å²) in [4.78, 5) is 4.59. The fraction of sp³-hybridized carbons (Fsp3) is 0.308. The molecular weight excluding hydrogens is 465 g/mol. The van der Waals surface area contributed by atoms with Gasteiger partial charge in [-0.1, -0.05) is 56.6 Å². The minimum atomic E-state index is -0.440. The summed E-state index contributed by atoms with van der Waals surface area (Å²) in [6, 6.07) is 11.6. The molecule has 35 heavy (non-hydrogen) atoms. The smallest absolute Gasteiger partial charge is 0.123 e. The molecule has 2 heterocycles. The fourth-order valence-electron chi connectivity index (χ4n) is 3.66. The van der Waals surface area contributed by atoms with E-state index in [2.05, 4.69) is 64.8 Å². The molecule has 2 aromatic carbocycles. The van der Waals surface area contributed by atoms with Crippen molar-refractivity contribution in [3.05, 3.63) is 76.5 Å². The van der Waals surface area contributed by atoms with Gasteiger partial charge in [-0.25, -0.2) is 4.39 Å². The predicted octanol–water partition coefficient (Wildman–Crippen LogP) is 6.31. The second-order valence-corrected chi connectivity index (χ2v) is 9.97. The van der Waals surface area contributed by atoms with Crippen molar-refractivity contribution in [2.24, 2.45) is 11.3 Å². The maximum atomic E-state index is 13.6. The van der Waals surface area contributed by atoms with E-state index in [0.717, 1.165) is 10.9 Å². The molecule has 0 saturated heterocycles. The summed E-state index contributed by atoms with van der Waals surface area (Å²) >= 11 is 6.54. The minimum Gasteiger partial charge on any atom is -0.383 e. The van der Waals surface area contributed by atoms with E-state index in [1.165, 1.54) is 12.1 Å². The molecule has 4 rings (SSSR count). The van der Waals surface area contributed by atoms with Crippen LogP contribution in [0.15, 0.2) is 48.8 Å². The van der Waals surface area contributed by atoms with E-state index < -0.39 is 6.04 Å². The molecule has 180 valence electrons. The third-order valence-corrected chi connectivity index (χ3v) is 6.79. The van der Waals surface area contributed by atoms with E-state index in [1.807, 2.05) is 6.07 Å². The molecule has 0 unspecified atom stereocenters. The molecule has 0 aliphatic carbocycles. The Morgan fingerprint density at radius 1 is 1.20 bits per heavy atom. The molecule has 3 N–H and O–H groups in total. The Balaban J connectivity index is 1.80. The lowest BCUT2D eigenvalue weighted by Gasteiger charge is -2.30. The van der Waals surface area contributed by atoms with Gasteiger partial charge in [-0.2, -0.15) is 5.26 Å². The van der Waals surface area contributed by atoms with Crippen LogP contribution in [0, 0.1) is 28.5 Å². The average molecular weight is 492 g/mol. The van der Waals surface area contributed by atoms with E-state index in [0.29, 0.717) is 45.6 Å². The maximum Gasteiger partial charge on any atom is 0.123 e. The molecule has 9 heteroatoms.